The van der Waals surface area contributed by atoms with Gasteiger partial charge in [-0.25, -0.2) is 17.6 Å². The standard InChI is InChI=1S/C15H13FN2O4S/c16-11-4-6-14(7-5-11)23(20,21)17-12-2-1-3-13(10-12)18-8-9-22-15(18)19/h1-7,10,17H,8-9H2. The number of rotatable bonds is 4. The summed E-state index contributed by atoms with van der Waals surface area (Å²) in [5.41, 5.74) is 0.832. The van der Waals surface area contributed by atoms with E-state index in [1.165, 1.54) is 23.1 Å². The third kappa shape index (κ3) is 3.26. The number of cyclic esters (lactones) is 1. The van der Waals surface area contributed by atoms with Gasteiger partial charge in [-0.2, -0.15) is 0 Å². The summed E-state index contributed by atoms with van der Waals surface area (Å²) in [5, 5.41) is 0. The summed E-state index contributed by atoms with van der Waals surface area (Å²) < 4.78 is 44.7. The van der Waals surface area contributed by atoms with Gasteiger partial charge in [0.15, 0.2) is 0 Å². The summed E-state index contributed by atoms with van der Waals surface area (Å²) in [6.45, 7) is 0.706. The summed E-state index contributed by atoms with van der Waals surface area (Å²) in [6.07, 6.45) is -0.469. The van der Waals surface area contributed by atoms with Gasteiger partial charge in [0.05, 0.1) is 17.1 Å². The second-order valence-electron chi connectivity index (χ2n) is 4.88. The molecule has 0 aromatic heterocycles. The van der Waals surface area contributed by atoms with Gasteiger partial charge in [0.1, 0.15) is 12.4 Å². The fourth-order valence-electron chi connectivity index (χ4n) is 2.19. The number of halogens is 1. The van der Waals surface area contributed by atoms with E-state index in [9.17, 15) is 17.6 Å². The van der Waals surface area contributed by atoms with Crippen LogP contribution < -0.4 is 9.62 Å². The molecule has 23 heavy (non-hydrogen) atoms. The predicted octanol–water partition coefficient (Wildman–Crippen LogP) is 2.58. The van der Waals surface area contributed by atoms with Crippen molar-refractivity contribution in [2.75, 3.05) is 22.8 Å². The van der Waals surface area contributed by atoms with Crippen LogP contribution in [0.4, 0.5) is 20.6 Å². The van der Waals surface area contributed by atoms with E-state index in [2.05, 4.69) is 4.72 Å². The Morgan fingerprint density at radius 2 is 1.87 bits per heavy atom. The van der Waals surface area contributed by atoms with E-state index < -0.39 is 21.9 Å². The molecule has 1 fully saturated rings. The first-order chi connectivity index (χ1) is 11.0. The minimum Gasteiger partial charge on any atom is -0.447 e. The smallest absolute Gasteiger partial charge is 0.414 e. The molecule has 0 bridgehead atoms. The minimum absolute atomic E-state index is 0.0510. The highest BCUT2D eigenvalue weighted by Crippen LogP contribution is 2.24. The minimum atomic E-state index is -3.84. The van der Waals surface area contributed by atoms with Crippen LogP contribution in [0.5, 0.6) is 0 Å². The van der Waals surface area contributed by atoms with Gasteiger partial charge >= 0.3 is 6.09 Å². The van der Waals surface area contributed by atoms with E-state index in [1.54, 1.807) is 18.2 Å². The Kier molecular flexibility index (Phi) is 3.91. The number of ether oxygens (including phenoxy) is 1. The highest BCUT2D eigenvalue weighted by Gasteiger charge is 2.24. The molecule has 1 amide bonds. The number of nitrogens with one attached hydrogen (secondary N) is 1. The van der Waals surface area contributed by atoms with Crippen LogP contribution in [-0.4, -0.2) is 27.7 Å². The zero-order chi connectivity index (χ0) is 16.4. The second-order valence-corrected chi connectivity index (χ2v) is 6.56. The number of sulfonamides is 1. The normalized spacial score (nSPS) is 14.7. The highest BCUT2D eigenvalue weighted by atomic mass is 32.2. The largest absolute Gasteiger partial charge is 0.447 e. The van der Waals surface area contributed by atoms with Crippen LogP contribution >= 0.6 is 0 Å². The van der Waals surface area contributed by atoms with Crippen molar-refractivity contribution in [3.05, 3.63) is 54.3 Å². The average molecular weight is 336 g/mol. The average Bonchev–Trinajstić information content (AvgIpc) is 2.94. The Labute approximate surface area is 132 Å². The number of hydrogen-bond acceptors (Lipinski definition) is 4. The van der Waals surface area contributed by atoms with Crippen molar-refractivity contribution in [3.63, 3.8) is 0 Å². The molecule has 0 aliphatic carbocycles. The fraction of sp³-hybridized carbons (Fsp3) is 0.133. The molecule has 3 rings (SSSR count). The number of nitrogens with zero attached hydrogens (tertiary/aromatic N) is 1. The second kappa shape index (κ2) is 5.88. The molecule has 1 aliphatic rings. The summed E-state index contributed by atoms with van der Waals surface area (Å²) >= 11 is 0. The molecule has 0 saturated carbocycles. The predicted molar refractivity (Wildman–Crippen MR) is 82.3 cm³/mol. The fourth-order valence-corrected chi connectivity index (χ4v) is 3.24. The molecule has 0 atom stereocenters. The lowest BCUT2D eigenvalue weighted by atomic mass is 10.2. The molecule has 1 saturated heterocycles. The monoisotopic (exact) mass is 336 g/mol. The molecule has 2 aromatic carbocycles. The molecule has 0 unspecified atom stereocenters. The maximum absolute atomic E-state index is 12.9. The van der Waals surface area contributed by atoms with Gasteiger partial charge in [-0.3, -0.25) is 9.62 Å². The van der Waals surface area contributed by atoms with Gasteiger partial charge in [-0.1, -0.05) is 6.07 Å². The molecule has 1 N–H and O–H groups in total. The van der Waals surface area contributed by atoms with Crippen molar-refractivity contribution in [3.8, 4) is 0 Å². The van der Waals surface area contributed by atoms with Crippen molar-refractivity contribution in [1.29, 1.82) is 0 Å². The van der Waals surface area contributed by atoms with Crippen molar-refractivity contribution in [2.45, 2.75) is 4.90 Å². The van der Waals surface area contributed by atoms with Gasteiger partial charge in [0.2, 0.25) is 0 Å². The van der Waals surface area contributed by atoms with Gasteiger partial charge in [0.25, 0.3) is 10.0 Å². The van der Waals surface area contributed by atoms with Crippen LogP contribution in [0.15, 0.2) is 53.4 Å². The summed E-state index contributed by atoms with van der Waals surface area (Å²) in [5.74, 6) is -0.515. The lowest BCUT2D eigenvalue weighted by molar-refractivity contribution is 0.181. The van der Waals surface area contributed by atoms with E-state index in [0.717, 1.165) is 12.1 Å². The molecule has 1 heterocycles. The van der Waals surface area contributed by atoms with E-state index in [0.29, 0.717) is 24.5 Å². The summed E-state index contributed by atoms with van der Waals surface area (Å²) in [7, 11) is -3.84. The molecule has 8 heteroatoms. The van der Waals surface area contributed by atoms with E-state index in [-0.39, 0.29) is 4.90 Å². The van der Waals surface area contributed by atoms with Crippen LogP contribution in [0.1, 0.15) is 0 Å². The third-order valence-electron chi connectivity index (χ3n) is 3.29. The van der Waals surface area contributed by atoms with Gasteiger partial charge in [-0.15, -0.1) is 0 Å². The number of anilines is 2. The lowest BCUT2D eigenvalue weighted by Gasteiger charge is -2.14. The molecule has 6 nitrogen and oxygen atoms in total. The zero-order valence-corrected chi connectivity index (χ0v) is 12.7. The molecule has 1 aliphatic heterocycles. The Bertz CT molecular complexity index is 837. The summed E-state index contributed by atoms with van der Waals surface area (Å²) in [4.78, 5) is 12.9. The SMILES string of the molecule is O=C1OCCN1c1cccc(NS(=O)(=O)c2ccc(F)cc2)c1. The molecular formula is C15H13FN2O4S. The van der Waals surface area contributed by atoms with Crippen molar-refractivity contribution in [2.24, 2.45) is 0 Å². The third-order valence-corrected chi connectivity index (χ3v) is 4.69. The first kappa shape index (κ1) is 15.3. The molecular weight excluding hydrogens is 323 g/mol. The number of amides is 1. The zero-order valence-electron chi connectivity index (χ0n) is 11.9. The number of carbonyl (C=O) groups excluding carboxylic acids is 1. The van der Waals surface area contributed by atoms with E-state index in [4.69, 9.17) is 4.74 Å². The quantitative estimate of drug-likeness (QED) is 0.931. The lowest BCUT2D eigenvalue weighted by Crippen LogP contribution is -2.23. The number of carbonyl (C=O) groups is 1. The van der Waals surface area contributed by atoms with Crippen LogP contribution in [0.3, 0.4) is 0 Å². The van der Waals surface area contributed by atoms with E-state index >= 15 is 0 Å². The van der Waals surface area contributed by atoms with Crippen LogP contribution in [0.25, 0.3) is 0 Å². The maximum atomic E-state index is 12.9. The van der Waals surface area contributed by atoms with Gasteiger partial charge in [0, 0.05) is 5.69 Å². The first-order valence-electron chi connectivity index (χ1n) is 6.78. The Morgan fingerprint density at radius 3 is 2.52 bits per heavy atom. The van der Waals surface area contributed by atoms with Crippen LogP contribution in [0, 0.1) is 5.82 Å². The maximum Gasteiger partial charge on any atom is 0.414 e. The van der Waals surface area contributed by atoms with Crippen molar-refractivity contribution in [1.82, 2.24) is 0 Å². The van der Waals surface area contributed by atoms with Gasteiger partial charge in [-0.05, 0) is 42.5 Å². The van der Waals surface area contributed by atoms with Crippen LogP contribution in [-0.2, 0) is 14.8 Å². The van der Waals surface area contributed by atoms with E-state index in [1.807, 2.05) is 0 Å². The first-order valence-corrected chi connectivity index (χ1v) is 8.27. The molecule has 0 spiro atoms. The highest BCUT2D eigenvalue weighted by molar-refractivity contribution is 7.92. The molecule has 120 valence electrons. The van der Waals surface area contributed by atoms with Crippen LogP contribution in [0.2, 0.25) is 0 Å². The molecule has 2 aromatic rings. The topological polar surface area (TPSA) is 75.7 Å². The Balaban J connectivity index is 1.85. The Hall–Kier alpha value is -2.61. The van der Waals surface area contributed by atoms with Gasteiger partial charge < -0.3 is 4.74 Å². The van der Waals surface area contributed by atoms with Crippen molar-refractivity contribution < 1.29 is 22.3 Å². The Morgan fingerprint density at radius 1 is 1.13 bits per heavy atom. The number of benzene rings is 2. The summed E-state index contributed by atoms with van der Waals surface area (Å²) in [6, 6.07) is 10.9. The van der Waals surface area contributed by atoms with Crippen molar-refractivity contribution >= 4 is 27.5 Å². The molecule has 0 radical (unpaired) electrons. The number of hydrogen-bond donors (Lipinski definition) is 1.